The van der Waals surface area contributed by atoms with Crippen LogP contribution in [0.1, 0.15) is 74.4 Å². The van der Waals surface area contributed by atoms with Crippen LogP contribution in [0.2, 0.25) is 0 Å². The number of pyridine rings is 1. The summed E-state index contributed by atoms with van der Waals surface area (Å²) in [7, 11) is 1.58. The molecule has 1 aromatic carbocycles. The average molecular weight is 569 g/mol. The molecule has 1 aliphatic carbocycles. The molecule has 1 aliphatic rings. The SMILES string of the molecule is COc1ccccc1[C@H](Cc1c(F)c(C(C)(C)C(=O)O)c(=O)n2c(C)c(-c3ncco3)sc12)OC1CCCCC1. The molecule has 1 fully saturated rings. The number of oxazole rings is 1. The van der Waals surface area contributed by atoms with Gasteiger partial charge in [0.2, 0.25) is 5.89 Å². The number of benzene rings is 1. The van der Waals surface area contributed by atoms with Crippen molar-refractivity contribution >= 4 is 22.1 Å². The third-order valence-corrected chi connectivity index (χ3v) is 9.09. The number of methoxy groups -OCH3 is 1. The van der Waals surface area contributed by atoms with Gasteiger partial charge in [0.25, 0.3) is 5.56 Å². The Hall–Kier alpha value is -3.50. The first-order valence-electron chi connectivity index (χ1n) is 13.4. The number of hydrogen-bond acceptors (Lipinski definition) is 7. The van der Waals surface area contributed by atoms with Crippen LogP contribution in [0.5, 0.6) is 5.75 Å². The minimum atomic E-state index is -1.78. The number of thiazole rings is 1. The van der Waals surface area contributed by atoms with E-state index in [1.54, 1.807) is 14.0 Å². The number of fused-ring (bicyclic) bond motifs is 1. The normalized spacial score (nSPS) is 15.4. The zero-order chi connectivity index (χ0) is 28.6. The number of rotatable bonds is 9. The van der Waals surface area contributed by atoms with Crippen LogP contribution < -0.4 is 10.3 Å². The summed E-state index contributed by atoms with van der Waals surface area (Å²) in [6, 6.07) is 7.48. The molecule has 1 saturated carbocycles. The van der Waals surface area contributed by atoms with Crippen LogP contribution in [0.3, 0.4) is 0 Å². The Balaban J connectivity index is 1.75. The summed E-state index contributed by atoms with van der Waals surface area (Å²) in [6.07, 6.45) is 7.48. The van der Waals surface area contributed by atoms with Gasteiger partial charge < -0.3 is 19.0 Å². The zero-order valence-corrected chi connectivity index (χ0v) is 23.8. The molecule has 4 aromatic rings. The van der Waals surface area contributed by atoms with E-state index in [0.717, 1.165) is 37.7 Å². The number of carboxylic acid groups (broad SMARTS) is 1. The van der Waals surface area contributed by atoms with E-state index in [2.05, 4.69) is 4.98 Å². The van der Waals surface area contributed by atoms with E-state index in [-0.39, 0.29) is 18.1 Å². The second-order valence-corrected chi connectivity index (χ2v) is 11.7. The van der Waals surface area contributed by atoms with Gasteiger partial charge >= 0.3 is 5.97 Å². The Morgan fingerprint density at radius 3 is 2.65 bits per heavy atom. The van der Waals surface area contributed by atoms with E-state index >= 15 is 4.39 Å². The van der Waals surface area contributed by atoms with E-state index in [0.29, 0.717) is 27.0 Å². The molecule has 0 saturated heterocycles. The summed E-state index contributed by atoms with van der Waals surface area (Å²) in [5, 5.41) is 10.00. The maximum absolute atomic E-state index is 16.6. The highest BCUT2D eigenvalue weighted by Gasteiger charge is 2.39. The quantitative estimate of drug-likeness (QED) is 0.247. The highest BCUT2D eigenvalue weighted by atomic mass is 32.1. The molecule has 3 aromatic heterocycles. The maximum Gasteiger partial charge on any atom is 0.313 e. The molecule has 10 heteroatoms. The van der Waals surface area contributed by atoms with Crippen LogP contribution in [-0.4, -0.2) is 33.7 Å². The largest absolute Gasteiger partial charge is 0.496 e. The third kappa shape index (κ3) is 4.94. The number of carboxylic acids is 1. The smallest absolute Gasteiger partial charge is 0.313 e. The van der Waals surface area contributed by atoms with Gasteiger partial charge in [0, 0.05) is 23.2 Å². The molecule has 0 spiro atoms. The molecule has 40 heavy (non-hydrogen) atoms. The van der Waals surface area contributed by atoms with Crippen molar-refractivity contribution in [2.45, 2.75) is 76.9 Å². The maximum atomic E-state index is 16.6. The summed E-state index contributed by atoms with van der Waals surface area (Å²) in [5.41, 5.74) is -1.42. The monoisotopic (exact) mass is 568 g/mol. The molecule has 5 rings (SSSR count). The molecule has 0 amide bonds. The van der Waals surface area contributed by atoms with Crippen molar-refractivity contribution in [1.29, 1.82) is 0 Å². The number of carbonyl (C=O) groups is 1. The zero-order valence-electron chi connectivity index (χ0n) is 23.0. The summed E-state index contributed by atoms with van der Waals surface area (Å²) in [6.45, 7) is 4.41. The highest BCUT2D eigenvalue weighted by molar-refractivity contribution is 7.21. The lowest BCUT2D eigenvalue weighted by atomic mass is 9.83. The number of aromatic nitrogens is 2. The van der Waals surface area contributed by atoms with Crippen molar-refractivity contribution in [3.63, 3.8) is 0 Å². The molecule has 0 aliphatic heterocycles. The Kier molecular flexibility index (Phi) is 7.83. The van der Waals surface area contributed by atoms with Crippen molar-refractivity contribution in [1.82, 2.24) is 9.38 Å². The Labute approximate surface area is 235 Å². The summed E-state index contributed by atoms with van der Waals surface area (Å²) in [4.78, 5) is 31.2. The van der Waals surface area contributed by atoms with Crippen LogP contribution in [-0.2, 0) is 21.4 Å². The second-order valence-electron chi connectivity index (χ2n) is 10.7. The fourth-order valence-electron chi connectivity index (χ4n) is 5.50. The highest BCUT2D eigenvalue weighted by Crippen LogP contribution is 2.40. The number of ether oxygens (including phenoxy) is 2. The predicted molar refractivity (Wildman–Crippen MR) is 150 cm³/mol. The first-order chi connectivity index (χ1) is 19.1. The fraction of sp³-hybridized carbons (Fsp3) is 0.433. The number of aryl methyl sites for hydroxylation is 1. The number of hydrogen-bond donors (Lipinski definition) is 1. The van der Waals surface area contributed by atoms with Gasteiger partial charge in [0.05, 0.1) is 36.5 Å². The van der Waals surface area contributed by atoms with Crippen molar-refractivity contribution in [2.24, 2.45) is 0 Å². The first kappa shape index (κ1) is 28.0. The standard InChI is InChI=1S/C30H33FN2O6S/c1-17-25(26-32-14-15-38-26)40-28-20(24(31)23(27(34)33(17)28)30(2,3)29(35)36)16-22(39-18-10-6-5-7-11-18)19-12-8-9-13-21(19)37-4/h8-9,12-15,18,22H,5-7,10-11,16H2,1-4H3,(H,35,36)/t22-/m0/s1. The summed E-state index contributed by atoms with van der Waals surface area (Å²) < 4.78 is 35.9. The lowest BCUT2D eigenvalue weighted by Gasteiger charge is -2.29. The van der Waals surface area contributed by atoms with E-state index in [1.807, 2.05) is 24.3 Å². The lowest BCUT2D eigenvalue weighted by molar-refractivity contribution is -0.142. The van der Waals surface area contributed by atoms with Crippen LogP contribution in [0.25, 0.3) is 15.6 Å². The van der Waals surface area contributed by atoms with Crippen LogP contribution in [0, 0.1) is 12.7 Å². The minimum Gasteiger partial charge on any atom is -0.496 e. The van der Waals surface area contributed by atoms with Crippen molar-refractivity contribution in [3.8, 4) is 16.5 Å². The van der Waals surface area contributed by atoms with Crippen LogP contribution in [0.4, 0.5) is 4.39 Å². The van der Waals surface area contributed by atoms with Crippen molar-refractivity contribution in [2.75, 3.05) is 7.11 Å². The molecule has 212 valence electrons. The van der Waals surface area contributed by atoms with E-state index in [1.165, 1.54) is 42.0 Å². The molecule has 8 nitrogen and oxygen atoms in total. The second kappa shape index (κ2) is 11.2. The first-order valence-corrected chi connectivity index (χ1v) is 14.2. The van der Waals surface area contributed by atoms with Gasteiger partial charge in [-0.3, -0.25) is 14.0 Å². The third-order valence-electron chi connectivity index (χ3n) is 7.80. The molecule has 3 heterocycles. The van der Waals surface area contributed by atoms with Crippen LogP contribution in [0.15, 0.2) is 45.9 Å². The molecule has 1 atom stereocenters. The van der Waals surface area contributed by atoms with Crippen molar-refractivity contribution in [3.05, 3.63) is 75.3 Å². The van der Waals surface area contributed by atoms with Gasteiger partial charge in [-0.2, -0.15) is 0 Å². The number of halogens is 1. The molecular weight excluding hydrogens is 535 g/mol. The predicted octanol–water partition coefficient (Wildman–Crippen LogP) is 6.47. The Morgan fingerprint density at radius 1 is 1.27 bits per heavy atom. The van der Waals surface area contributed by atoms with E-state index < -0.39 is 34.4 Å². The van der Waals surface area contributed by atoms with Gasteiger partial charge in [0.1, 0.15) is 27.5 Å². The van der Waals surface area contributed by atoms with Gasteiger partial charge in [-0.15, -0.1) is 11.3 Å². The lowest BCUT2D eigenvalue weighted by Crippen LogP contribution is -2.38. The molecular formula is C30H33FN2O6S. The topological polar surface area (TPSA) is 103 Å². The van der Waals surface area contributed by atoms with E-state index in [9.17, 15) is 14.7 Å². The number of para-hydroxylation sites is 1. The molecule has 0 bridgehead atoms. The Bertz CT molecular complexity index is 1580. The summed E-state index contributed by atoms with van der Waals surface area (Å²) in [5.74, 6) is -1.21. The Morgan fingerprint density at radius 2 is 2.00 bits per heavy atom. The summed E-state index contributed by atoms with van der Waals surface area (Å²) >= 11 is 1.19. The van der Waals surface area contributed by atoms with Crippen molar-refractivity contribution < 1.29 is 28.2 Å². The van der Waals surface area contributed by atoms with Crippen LogP contribution >= 0.6 is 11.3 Å². The van der Waals surface area contributed by atoms with Gasteiger partial charge in [-0.05, 0) is 39.7 Å². The van der Waals surface area contributed by atoms with Gasteiger partial charge in [-0.25, -0.2) is 9.37 Å². The number of nitrogens with zero attached hydrogens (tertiary/aromatic N) is 2. The molecule has 0 unspecified atom stereocenters. The van der Waals surface area contributed by atoms with Gasteiger partial charge in [0.15, 0.2) is 0 Å². The molecule has 1 N–H and O–H groups in total. The fourth-order valence-corrected chi connectivity index (χ4v) is 6.73. The van der Waals surface area contributed by atoms with E-state index in [4.69, 9.17) is 13.9 Å². The molecule has 0 radical (unpaired) electrons. The number of aliphatic carboxylic acids is 1. The minimum absolute atomic E-state index is 0.00321. The average Bonchev–Trinajstić information content (AvgIpc) is 3.59. The van der Waals surface area contributed by atoms with Gasteiger partial charge in [-0.1, -0.05) is 37.5 Å².